The molecule has 11 nitrogen and oxygen atoms in total. The molecule has 0 spiro atoms. The average Bonchev–Trinajstić information content (AvgIpc) is 3.16. The van der Waals surface area contributed by atoms with E-state index in [1.807, 2.05) is 0 Å². The first-order valence-corrected chi connectivity index (χ1v) is 12.2. The van der Waals surface area contributed by atoms with Crippen molar-refractivity contribution in [3.05, 3.63) is 109 Å². The van der Waals surface area contributed by atoms with Crippen LogP contribution >= 0.6 is 11.8 Å². The molecular formula is C26H21N3O8S. The number of non-ortho nitro benzene ring substituents is 1. The van der Waals surface area contributed by atoms with Crippen LogP contribution in [0.5, 0.6) is 11.5 Å². The Hall–Kier alpha value is -4.71. The Morgan fingerprint density at radius 1 is 0.921 bits per heavy atom. The minimum atomic E-state index is -0.523. The molecule has 1 fully saturated rings. The summed E-state index contributed by atoms with van der Waals surface area (Å²) in [7, 11) is 0. The van der Waals surface area contributed by atoms with Gasteiger partial charge in [-0.15, -0.1) is 0 Å². The first-order chi connectivity index (χ1) is 18.3. The number of para-hydroxylation sites is 1. The lowest BCUT2D eigenvalue weighted by atomic mass is 10.1. The second-order valence-electron chi connectivity index (χ2n) is 8.01. The molecule has 1 aliphatic rings. The number of benzene rings is 3. The molecule has 1 heterocycles. The summed E-state index contributed by atoms with van der Waals surface area (Å²) in [6.45, 7) is 2.07. The summed E-state index contributed by atoms with van der Waals surface area (Å²) in [5.41, 5.74) is 1.45. The number of thioether (sulfide) groups is 1. The normalized spacial score (nSPS) is 14.1. The number of ether oxygens (including phenoxy) is 2. The predicted molar refractivity (Wildman–Crippen MR) is 140 cm³/mol. The van der Waals surface area contributed by atoms with E-state index in [-0.39, 0.29) is 29.4 Å². The molecule has 1 saturated heterocycles. The molecule has 12 heteroatoms. The highest BCUT2D eigenvalue weighted by Gasteiger charge is 2.35. The molecule has 0 N–H and O–H groups in total. The molecule has 4 rings (SSSR count). The minimum absolute atomic E-state index is 0.0113. The van der Waals surface area contributed by atoms with E-state index in [4.69, 9.17) is 9.47 Å². The summed E-state index contributed by atoms with van der Waals surface area (Å²) in [6, 6.07) is 16.9. The van der Waals surface area contributed by atoms with E-state index in [1.165, 1.54) is 30.3 Å². The van der Waals surface area contributed by atoms with Gasteiger partial charge in [-0.3, -0.25) is 34.7 Å². The SMILES string of the molecule is CCOc1cc(/C=C2/SC(=O)N(Cc3ccc([N+](=O)[O-])cc3)C2=O)ccc1OCc1ccccc1[N+](=O)[O-]. The predicted octanol–water partition coefficient (Wildman–Crippen LogP) is 5.72. The van der Waals surface area contributed by atoms with Gasteiger partial charge in [-0.2, -0.15) is 0 Å². The van der Waals surface area contributed by atoms with Crippen LogP contribution < -0.4 is 9.47 Å². The number of rotatable bonds is 10. The topological polar surface area (TPSA) is 142 Å². The van der Waals surface area contributed by atoms with E-state index in [0.717, 1.165) is 16.7 Å². The zero-order valence-electron chi connectivity index (χ0n) is 20.1. The van der Waals surface area contributed by atoms with Gasteiger partial charge >= 0.3 is 0 Å². The molecule has 2 amide bonds. The third-order valence-corrected chi connectivity index (χ3v) is 6.41. The molecule has 1 aliphatic heterocycles. The Morgan fingerprint density at radius 2 is 1.66 bits per heavy atom. The van der Waals surface area contributed by atoms with Crippen LogP contribution in [0.2, 0.25) is 0 Å². The van der Waals surface area contributed by atoms with Crippen LogP contribution in [0.1, 0.15) is 23.6 Å². The highest BCUT2D eigenvalue weighted by molar-refractivity contribution is 8.18. The fourth-order valence-corrected chi connectivity index (χ4v) is 4.50. The molecule has 0 aliphatic carbocycles. The van der Waals surface area contributed by atoms with Crippen molar-refractivity contribution in [3.63, 3.8) is 0 Å². The Balaban J connectivity index is 1.50. The summed E-state index contributed by atoms with van der Waals surface area (Å²) in [5, 5.41) is 21.7. The van der Waals surface area contributed by atoms with Gasteiger partial charge in [0.1, 0.15) is 6.61 Å². The zero-order valence-corrected chi connectivity index (χ0v) is 20.9. The molecule has 0 radical (unpaired) electrons. The third kappa shape index (κ3) is 5.98. The van der Waals surface area contributed by atoms with Crippen LogP contribution in [0.15, 0.2) is 71.6 Å². The van der Waals surface area contributed by atoms with E-state index in [0.29, 0.717) is 34.8 Å². The third-order valence-electron chi connectivity index (χ3n) is 5.50. The van der Waals surface area contributed by atoms with Crippen molar-refractivity contribution in [2.24, 2.45) is 0 Å². The molecular weight excluding hydrogens is 514 g/mol. The lowest BCUT2D eigenvalue weighted by Gasteiger charge is -2.13. The van der Waals surface area contributed by atoms with Crippen LogP contribution in [-0.4, -0.2) is 32.5 Å². The summed E-state index contributed by atoms with van der Waals surface area (Å²) in [5.74, 6) is 0.270. The standard InChI is InChI=1S/C26H21N3O8S/c1-2-36-23-13-18(9-12-22(23)37-16-19-5-3-4-6-21(19)29(34)35)14-24-25(30)27(26(31)38-24)15-17-7-10-20(11-8-17)28(32)33/h3-14H,2,15-16H2,1H3/b24-14+. The number of nitro groups is 2. The minimum Gasteiger partial charge on any atom is -0.490 e. The molecule has 0 aromatic heterocycles. The second kappa shape index (κ2) is 11.6. The van der Waals surface area contributed by atoms with Gasteiger partial charge in [0.05, 0.1) is 33.5 Å². The molecule has 0 atom stereocenters. The van der Waals surface area contributed by atoms with E-state index in [2.05, 4.69) is 0 Å². The van der Waals surface area contributed by atoms with Gasteiger partial charge in [-0.05, 0) is 54.1 Å². The van der Waals surface area contributed by atoms with E-state index < -0.39 is 21.0 Å². The summed E-state index contributed by atoms with van der Waals surface area (Å²) in [4.78, 5) is 47.8. The maximum Gasteiger partial charge on any atom is 0.293 e. The van der Waals surface area contributed by atoms with Crippen molar-refractivity contribution in [1.29, 1.82) is 0 Å². The summed E-state index contributed by atoms with van der Waals surface area (Å²) < 4.78 is 11.5. The highest BCUT2D eigenvalue weighted by atomic mass is 32.2. The van der Waals surface area contributed by atoms with Gasteiger partial charge in [0.2, 0.25) is 0 Å². The number of nitro benzene ring substituents is 2. The molecule has 3 aromatic rings. The number of nitrogens with zero attached hydrogens (tertiary/aromatic N) is 3. The molecule has 0 saturated carbocycles. The largest absolute Gasteiger partial charge is 0.490 e. The van der Waals surface area contributed by atoms with E-state index in [1.54, 1.807) is 49.4 Å². The van der Waals surface area contributed by atoms with Crippen molar-refractivity contribution >= 4 is 40.4 Å². The number of carbonyl (C=O) groups excluding carboxylic acids is 2. The highest BCUT2D eigenvalue weighted by Crippen LogP contribution is 2.36. The van der Waals surface area contributed by atoms with Crippen molar-refractivity contribution in [2.45, 2.75) is 20.1 Å². The molecule has 38 heavy (non-hydrogen) atoms. The van der Waals surface area contributed by atoms with Gasteiger partial charge < -0.3 is 9.47 Å². The van der Waals surface area contributed by atoms with Crippen molar-refractivity contribution in [2.75, 3.05) is 6.61 Å². The number of carbonyl (C=O) groups is 2. The van der Waals surface area contributed by atoms with Crippen LogP contribution in [0, 0.1) is 20.2 Å². The molecule has 0 bridgehead atoms. The number of hydrogen-bond donors (Lipinski definition) is 0. The van der Waals surface area contributed by atoms with Gasteiger partial charge in [0, 0.05) is 18.2 Å². The average molecular weight is 536 g/mol. The van der Waals surface area contributed by atoms with Gasteiger partial charge in [0.25, 0.3) is 22.5 Å². The molecule has 3 aromatic carbocycles. The Labute approximate surface area is 221 Å². The Bertz CT molecular complexity index is 1440. The zero-order chi connectivity index (χ0) is 27.2. The van der Waals surface area contributed by atoms with Crippen LogP contribution in [0.25, 0.3) is 6.08 Å². The smallest absolute Gasteiger partial charge is 0.293 e. The Kier molecular flexibility index (Phi) is 8.02. The first kappa shape index (κ1) is 26.4. The van der Waals surface area contributed by atoms with Crippen molar-refractivity contribution in [1.82, 2.24) is 4.90 Å². The summed E-state index contributed by atoms with van der Waals surface area (Å²) >= 11 is 0.794. The fourth-order valence-electron chi connectivity index (χ4n) is 3.66. The number of amides is 2. The van der Waals surface area contributed by atoms with E-state index >= 15 is 0 Å². The summed E-state index contributed by atoms with van der Waals surface area (Å²) in [6.07, 6.45) is 1.56. The van der Waals surface area contributed by atoms with Crippen LogP contribution in [0.4, 0.5) is 16.2 Å². The fraction of sp³-hybridized carbons (Fsp3) is 0.154. The van der Waals surface area contributed by atoms with Crippen LogP contribution in [-0.2, 0) is 17.9 Å². The quantitative estimate of drug-likeness (QED) is 0.181. The Morgan fingerprint density at radius 3 is 2.34 bits per heavy atom. The van der Waals surface area contributed by atoms with Gasteiger partial charge in [-0.25, -0.2) is 0 Å². The monoisotopic (exact) mass is 535 g/mol. The molecule has 0 unspecified atom stereocenters. The van der Waals surface area contributed by atoms with E-state index in [9.17, 15) is 29.8 Å². The van der Waals surface area contributed by atoms with Gasteiger partial charge in [-0.1, -0.05) is 30.3 Å². The maximum atomic E-state index is 12.9. The lowest BCUT2D eigenvalue weighted by Crippen LogP contribution is -2.27. The van der Waals surface area contributed by atoms with Crippen molar-refractivity contribution in [3.8, 4) is 11.5 Å². The number of hydrogen-bond acceptors (Lipinski definition) is 9. The first-order valence-electron chi connectivity index (χ1n) is 11.4. The van der Waals surface area contributed by atoms with Crippen molar-refractivity contribution < 1.29 is 28.9 Å². The maximum absolute atomic E-state index is 12.9. The van der Waals surface area contributed by atoms with Gasteiger partial charge in [0.15, 0.2) is 11.5 Å². The number of imide groups is 1. The lowest BCUT2D eigenvalue weighted by molar-refractivity contribution is -0.385. The van der Waals surface area contributed by atoms with Crippen LogP contribution in [0.3, 0.4) is 0 Å². The second-order valence-corrected chi connectivity index (χ2v) is 9.00. The molecule has 194 valence electrons.